The first kappa shape index (κ1) is 19.5. The predicted molar refractivity (Wildman–Crippen MR) is 110 cm³/mol. The van der Waals surface area contributed by atoms with Gasteiger partial charge in [-0.2, -0.15) is 11.8 Å². The summed E-state index contributed by atoms with van der Waals surface area (Å²) in [6.45, 7) is 2.20. The Morgan fingerprint density at radius 3 is 2.59 bits per heavy atom. The molecule has 1 N–H and O–H groups in total. The Morgan fingerprint density at radius 1 is 1.26 bits per heavy atom. The SMILES string of the molecule is CSCCOC(=O)c1[nH]c2c(c1C)C(=O)C[C@@H](c1ccc(N(C)C)cc1)C2. The molecule has 6 heteroatoms. The number of H-pyrrole nitrogens is 1. The molecule has 0 radical (unpaired) electrons. The first-order valence-corrected chi connectivity index (χ1v) is 10.5. The van der Waals surface area contributed by atoms with Crippen molar-refractivity contribution in [1.29, 1.82) is 0 Å². The first-order chi connectivity index (χ1) is 12.9. The van der Waals surface area contributed by atoms with E-state index in [0.29, 0.717) is 29.8 Å². The minimum absolute atomic E-state index is 0.0925. The molecular formula is C21H26N2O3S. The van der Waals surface area contributed by atoms with Crippen LogP contribution in [-0.4, -0.2) is 49.4 Å². The monoisotopic (exact) mass is 386 g/mol. The third kappa shape index (κ3) is 4.05. The van der Waals surface area contributed by atoms with E-state index in [1.807, 2.05) is 27.3 Å². The second-order valence-corrected chi connectivity index (χ2v) is 8.11. The molecule has 2 aromatic rings. The number of aromatic amines is 1. The van der Waals surface area contributed by atoms with E-state index in [0.717, 1.165) is 29.1 Å². The lowest BCUT2D eigenvalue weighted by Gasteiger charge is -2.23. The molecule has 1 atom stereocenters. The highest BCUT2D eigenvalue weighted by Crippen LogP contribution is 2.35. The molecule has 27 heavy (non-hydrogen) atoms. The summed E-state index contributed by atoms with van der Waals surface area (Å²) < 4.78 is 5.30. The fourth-order valence-electron chi connectivity index (χ4n) is 3.61. The van der Waals surface area contributed by atoms with E-state index in [9.17, 15) is 9.59 Å². The number of fused-ring (bicyclic) bond motifs is 1. The molecule has 0 unspecified atom stereocenters. The van der Waals surface area contributed by atoms with Crippen LogP contribution in [0.25, 0.3) is 0 Å². The van der Waals surface area contributed by atoms with Crippen molar-refractivity contribution in [3.63, 3.8) is 0 Å². The van der Waals surface area contributed by atoms with Crippen molar-refractivity contribution in [2.45, 2.75) is 25.7 Å². The van der Waals surface area contributed by atoms with Crippen molar-refractivity contribution in [3.8, 4) is 0 Å². The van der Waals surface area contributed by atoms with Crippen LogP contribution in [-0.2, 0) is 11.2 Å². The van der Waals surface area contributed by atoms with Gasteiger partial charge in [0.1, 0.15) is 12.3 Å². The number of nitrogens with zero attached hydrogens (tertiary/aromatic N) is 1. The number of carbonyl (C=O) groups is 2. The van der Waals surface area contributed by atoms with E-state index < -0.39 is 0 Å². The molecule has 1 aliphatic rings. The zero-order valence-corrected chi connectivity index (χ0v) is 17.1. The second kappa shape index (κ2) is 8.21. The standard InChI is InChI=1S/C21H26N2O3S/c1-13-19-17(22-20(13)21(25)26-9-10-27-4)11-15(12-18(19)24)14-5-7-16(8-6-14)23(2)3/h5-8,15,22H,9-12H2,1-4H3/t15-/m0/s1. The maximum atomic E-state index is 12.8. The van der Waals surface area contributed by atoms with Gasteiger partial charge in [0, 0.05) is 43.2 Å². The van der Waals surface area contributed by atoms with Crippen molar-refractivity contribution in [2.75, 3.05) is 37.6 Å². The van der Waals surface area contributed by atoms with E-state index in [2.05, 4.69) is 34.1 Å². The Kier molecular flexibility index (Phi) is 5.95. The Balaban J connectivity index is 1.81. The molecule has 0 fully saturated rings. The molecule has 0 aliphatic heterocycles. The van der Waals surface area contributed by atoms with Crippen LogP contribution in [0.4, 0.5) is 5.69 Å². The van der Waals surface area contributed by atoms with Gasteiger partial charge in [0.15, 0.2) is 5.78 Å². The van der Waals surface area contributed by atoms with Gasteiger partial charge in [-0.1, -0.05) is 12.1 Å². The molecule has 5 nitrogen and oxygen atoms in total. The van der Waals surface area contributed by atoms with Gasteiger partial charge in [-0.15, -0.1) is 0 Å². The lowest BCUT2D eigenvalue weighted by Crippen LogP contribution is -2.18. The number of carbonyl (C=O) groups excluding carboxylic acids is 2. The maximum Gasteiger partial charge on any atom is 0.355 e. The largest absolute Gasteiger partial charge is 0.460 e. The van der Waals surface area contributed by atoms with Gasteiger partial charge < -0.3 is 14.6 Å². The lowest BCUT2D eigenvalue weighted by atomic mass is 9.81. The zero-order valence-electron chi connectivity index (χ0n) is 16.3. The molecule has 0 amide bonds. The summed E-state index contributed by atoms with van der Waals surface area (Å²) in [4.78, 5) is 30.3. The number of Topliss-reactive ketones (excluding diaryl/α,β-unsaturated/α-hetero) is 1. The molecule has 0 bridgehead atoms. The molecule has 1 aromatic carbocycles. The van der Waals surface area contributed by atoms with Crippen molar-refractivity contribution in [2.24, 2.45) is 0 Å². The van der Waals surface area contributed by atoms with Crippen LogP contribution in [0.3, 0.4) is 0 Å². The molecule has 0 spiro atoms. The highest BCUT2D eigenvalue weighted by molar-refractivity contribution is 7.98. The zero-order chi connectivity index (χ0) is 19.6. The van der Waals surface area contributed by atoms with Gasteiger partial charge in [0.25, 0.3) is 0 Å². The Morgan fingerprint density at radius 2 is 1.96 bits per heavy atom. The summed E-state index contributed by atoms with van der Waals surface area (Å²) in [5.74, 6) is 0.597. The van der Waals surface area contributed by atoms with E-state index in [1.54, 1.807) is 11.8 Å². The van der Waals surface area contributed by atoms with E-state index >= 15 is 0 Å². The first-order valence-electron chi connectivity index (χ1n) is 9.10. The van der Waals surface area contributed by atoms with Gasteiger partial charge >= 0.3 is 5.97 Å². The van der Waals surface area contributed by atoms with Gasteiger partial charge in [0.2, 0.25) is 0 Å². The van der Waals surface area contributed by atoms with E-state index in [1.165, 1.54) is 0 Å². The second-order valence-electron chi connectivity index (χ2n) is 7.12. The average molecular weight is 387 g/mol. The highest BCUT2D eigenvalue weighted by Gasteiger charge is 2.32. The number of ketones is 1. The van der Waals surface area contributed by atoms with Gasteiger partial charge in [-0.25, -0.2) is 4.79 Å². The summed E-state index contributed by atoms with van der Waals surface area (Å²) in [7, 11) is 4.01. The third-order valence-electron chi connectivity index (χ3n) is 5.09. The predicted octanol–water partition coefficient (Wildman–Crippen LogP) is 3.82. The van der Waals surface area contributed by atoms with E-state index in [4.69, 9.17) is 4.74 Å². The van der Waals surface area contributed by atoms with Crippen LogP contribution < -0.4 is 4.90 Å². The number of rotatable bonds is 6. The third-order valence-corrected chi connectivity index (χ3v) is 5.67. The number of benzene rings is 1. The number of thioether (sulfide) groups is 1. The molecule has 1 aliphatic carbocycles. The Hall–Kier alpha value is -2.21. The van der Waals surface area contributed by atoms with Gasteiger partial charge in [-0.3, -0.25) is 4.79 Å². The summed E-state index contributed by atoms with van der Waals surface area (Å²) in [6, 6.07) is 8.32. The minimum atomic E-state index is -0.379. The van der Waals surface area contributed by atoms with Crippen LogP contribution >= 0.6 is 11.8 Å². The molecule has 3 rings (SSSR count). The summed E-state index contributed by atoms with van der Waals surface area (Å²) >= 11 is 1.63. The van der Waals surface area contributed by atoms with Crippen LogP contribution in [0.2, 0.25) is 0 Å². The van der Waals surface area contributed by atoms with Crippen LogP contribution in [0, 0.1) is 6.92 Å². The van der Waals surface area contributed by atoms with Crippen molar-refractivity contribution in [1.82, 2.24) is 4.98 Å². The van der Waals surface area contributed by atoms with Crippen molar-refractivity contribution < 1.29 is 14.3 Å². The van der Waals surface area contributed by atoms with Crippen LogP contribution in [0.15, 0.2) is 24.3 Å². The molecule has 1 heterocycles. The molecule has 144 valence electrons. The number of hydrogen-bond donors (Lipinski definition) is 1. The van der Waals surface area contributed by atoms with E-state index in [-0.39, 0.29) is 17.7 Å². The topological polar surface area (TPSA) is 62.4 Å². The quantitative estimate of drug-likeness (QED) is 0.604. The number of anilines is 1. The van der Waals surface area contributed by atoms with Crippen LogP contribution in [0.1, 0.15) is 50.0 Å². The summed E-state index contributed by atoms with van der Waals surface area (Å²) in [5, 5.41) is 0. The minimum Gasteiger partial charge on any atom is -0.460 e. The maximum absolute atomic E-state index is 12.8. The number of aromatic nitrogens is 1. The number of hydrogen-bond acceptors (Lipinski definition) is 5. The number of ether oxygens (including phenoxy) is 1. The molecule has 0 saturated carbocycles. The average Bonchev–Trinajstić information content (AvgIpc) is 2.99. The number of esters is 1. The fraction of sp³-hybridized carbons (Fsp3) is 0.429. The molecule has 1 aromatic heterocycles. The van der Waals surface area contributed by atoms with Gasteiger partial charge in [0.05, 0.1) is 0 Å². The van der Waals surface area contributed by atoms with Crippen LogP contribution in [0.5, 0.6) is 0 Å². The summed E-state index contributed by atoms with van der Waals surface area (Å²) in [5.41, 5.74) is 4.93. The number of nitrogens with one attached hydrogen (secondary N) is 1. The smallest absolute Gasteiger partial charge is 0.355 e. The molecule has 0 saturated heterocycles. The molecular weight excluding hydrogens is 360 g/mol. The summed E-state index contributed by atoms with van der Waals surface area (Å²) in [6.07, 6.45) is 3.16. The van der Waals surface area contributed by atoms with Crippen molar-refractivity contribution >= 4 is 29.2 Å². The Bertz CT molecular complexity index is 840. The van der Waals surface area contributed by atoms with Crippen molar-refractivity contribution in [3.05, 3.63) is 52.3 Å². The highest BCUT2D eigenvalue weighted by atomic mass is 32.2. The fourth-order valence-corrected chi connectivity index (χ4v) is 3.86. The Labute approximate surface area is 164 Å². The van der Waals surface area contributed by atoms with Gasteiger partial charge in [-0.05, 0) is 48.8 Å². The normalized spacial score (nSPS) is 16.1. The lowest BCUT2D eigenvalue weighted by molar-refractivity contribution is 0.0523.